The maximum absolute atomic E-state index is 14.2. The van der Waals surface area contributed by atoms with Crippen LogP contribution in [0, 0.1) is 18.7 Å². The summed E-state index contributed by atoms with van der Waals surface area (Å²) in [6.07, 6.45) is 1.84. The van der Waals surface area contributed by atoms with Crippen LogP contribution < -0.4 is 10.2 Å². The zero-order valence-corrected chi connectivity index (χ0v) is 12.4. The van der Waals surface area contributed by atoms with Crippen molar-refractivity contribution < 1.29 is 14.0 Å². The SMILES string of the molecule is Cc1ccc(F)c(N2C(=O)C(C)(C3CC3)NC(=O)C2C)c1. The van der Waals surface area contributed by atoms with E-state index in [0.29, 0.717) is 0 Å². The molecule has 2 atom stereocenters. The van der Waals surface area contributed by atoms with Crippen molar-refractivity contribution >= 4 is 17.5 Å². The van der Waals surface area contributed by atoms with Crippen LogP contribution in [0.3, 0.4) is 0 Å². The number of carbonyl (C=O) groups excluding carboxylic acids is 2. The van der Waals surface area contributed by atoms with Gasteiger partial charge >= 0.3 is 0 Å². The third-order valence-corrected chi connectivity index (χ3v) is 4.57. The number of hydrogen-bond donors (Lipinski definition) is 1. The van der Waals surface area contributed by atoms with Crippen LogP contribution in [0.1, 0.15) is 32.3 Å². The lowest BCUT2D eigenvalue weighted by Gasteiger charge is -2.43. The molecule has 2 amide bonds. The largest absolute Gasteiger partial charge is 0.340 e. The van der Waals surface area contributed by atoms with Gasteiger partial charge in [-0.3, -0.25) is 14.5 Å². The van der Waals surface area contributed by atoms with Crippen molar-refractivity contribution in [2.75, 3.05) is 4.90 Å². The highest BCUT2D eigenvalue weighted by Crippen LogP contribution is 2.43. The molecule has 3 rings (SSSR count). The predicted octanol–water partition coefficient (Wildman–Crippen LogP) is 2.15. The number of benzene rings is 1. The van der Waals surface area contributed by atoms with Gasteiger partial charge < -0.3 is 5.32 Å². The molecule has 21 heavy (non-hydrogen) atoms. The quantitative estimate of drug-likeness (QED) is 0.907. The number of halogens is 1. The standard InChI is InChI=1S/C16H19FN2O2/c1-9-4-7-12(17)13(8-9)19-10(2)14(20)18-16(3,15(19)21)11-5-6-11/h4,7-8,10-11H,5-6H2,1-3H3,(H,18,20). The van der Waals surface area contributed by atoms with Crippen LogP contribution in [-0.4, -0.2) is 23.4 Å². The van der Waals surface area contributed by atoms with Crippen molar-refractivity contribution in [2.45, 2.75) is 45.2 Å². The third-order valence-electron chi connectivity index (χ3n) is 4.57. The maximum atomic E-state index is 14.2. The number of carbonyl (C=O) groups is 2. The zero-order valence-electron chi connectivity index (χ0n) is 12.4. The smallest absolute Gasteiger partial charge is 0.253 e. The van der Waals surface area contributed by atoms with E-state index in [2.05, 4.69) is 5.32 Å². The molecule has 5 heteroatoms. The average Bonchev–Trinajstić information content (AvgIpc) is 3.25. The van der Waals surface area contributed by atoms with E-state index in [1.54, 1.807) is 26.0 Å². The number of anilines is 1. The highest BCUT2D eigenvalue weighted by molar-refractivity contribution is 6.10. The molecule has 0 aromatic heterocycles. The molecule has 112 valence electrons. The molecule has 2 aliphatic rings. The van der Waals surface area contributed by atoms with Crippen LogP contribution in [0.15, 0.2) is 18.2 Å². The summed E-state index contributed by atoms with van der Waals surface area (Å²) in [5.41, 5.74) is 0.125. The molecule has 2 unspecified atom stereocenters. The summed E-state index contributed by atoms with van der Waals surface area (Å²) in [5, 5.41) is 2.84. The summed E-state index contributed by atoms with van der Waals surface area (Å²) in [4.78, 5) is 26.5. The number of amides is 2. The summed E-state index contributed by atoms with van der Waals surface area (Å²) in [6, 6.07) is 3.90. The molecule has 0 bridgehead atoms. The van der Waals surface area contributed by atoms with Crippen LogP contribution in [0.5, 0.6) is 0 Å². The molecule has 1 saturated carbocycles. The second-order valence-corrected chi connectivity index (χ2v) is 6.27. The Bertz CT molecular complexity index is 627. The number of aryl methyl sites for hydroxylation is 1. The van der Waals surface area contributed by atoms with Crippen LogP contribution in [0.2, 0.25) is 0 Å². The molecule has 4 nitrogen and oxygen atoms in total. The fraction of sp³-hybridized carbons (Fsp3) is 0.500. The maximum Gasteiger partial charge on any atom is 0.253 e. The Balaban J connectivity index is 2.07. The van der Waals surface area contributed by atoms with Crippen molar-refractivity contribution in [1.29, 1.82) is 0 Å². The lowest BCUT2D eigenvalue weighted by atomic mass is 9.89. The van der Waals surface area contributed by atoms with Gasteiger partial charge in [-0.15, -0.1) is 0 Å². The molecule has 1 aliphatic carbocycles. The number of piperazine rings is 1. The molecule has 1 aromatic carbocycles. The van der Waals surface area contributed by atoms with Crippen molar-refractivity contribution in [1.82, 2.24) is 5.32 Å². The Hall–Kier alpha value is -1.91. The normalized spacial score (nSPS) is 29.5. The first-order chi connectivity index (χ1) is 9.84. The van der Waals surface area contributed by atoms with E-state index in [1.807, 2.05) is 6.92 Å². The highest BCUT2D eigenvalue weighted by atomic mass is 19.1. The molecular formula is C16H19FN2O2. The van der Waals surface area contributed by atoms with Gasteiger partial charge in [0.05, 0.1) is 5.69 Å². The van der Waals surface area contributed by atoms with Crippen LogP contribution >= 0.6 is 0 Å². The summed E-state index contributed by atoms with van der Waals surface area (Å²) in [7, 11) is 0. The molecule has 1 aliphatic heterocycles. The Morgan fingerprint density at radius 3 is 2.62 bits per heavy atom. The number of rotatable bonds is 2. The minimum Gasteiger partial charge on any atom is -0.340 e. The molecule has 1 N–H and O–H groups in total. The van der Waals surface area contributed by atoms with E-state index in [9.17, 15) is 14.0 Å². The summed E-state index contributed by atoms with van der Waals surface area (Å²) >= 11 is 0. The van der Waals surface area contributed by atoms with Gasteiger partial charge in [-0.2, -0.15) is 0 Å². The molecule has 1 aromatic rings. The minimum atomic E-state index is -0.917. The predicted molar refractivity (Wildman–Crippen MR) is 77.4 cm³/mol. The van der Waals surface area contributed by atoms with E-state index in [4.69, 9.17) is 0 Å². The summed E-state index contributed by atoms with van der Waals surface area (Å²) in [6.45, 7) is 5.21. The number of nitrogens with zero attached hydrogens (tertiary/aromatic N) is 1. The van der Waals surface area contributed by atoms with Gasteiger partial charge in [-0.25, -0.2) is 4.39 Å². The second-order valence-electron chi connectivity index (χ2n) is 6.27. The van der Waals surface area contributed by atoms with E-state index >= 15 is 0 Å². The number of hydrogen-bond acceptors (Lipinski definition) is 2. The Kier molecular flexibility index (Phi) is 3.04. The van der Waals surface area contributed by atoms with Gasteiger partial charge in [0.2, 0.25) is 5.91 Å². The summed E-state index contributed by atoms with van der Waals surface area (Å²) < 4.78 is 14.2. The molecular weight excluding hydrogens is 271 g/mol. The Morgan fingerprint density at radius 1 is 1.33 bits per heavy atom. The molecule has 1 heterocycles. The van der Waals surface area contributed by atoms with Gasteiger partial charge in [0.25, 0.3) is 5.91 Å². The average molecular weight is 290 g/mol. The minimum absolute atomic E-state index is 0.150. The topological polar surface area (TPSA) is 49.4 Å². The first-order valence-electron chi connectivity index (χ1n) is 7.26. The summed E-state index contributed by atoms with van der Waals surface area (Å²) in [5.74, 6) is -0.781. The van der Waals surface area contributed by atoms with Crippen molar-refractivity contribution in [3.63, 3.8) is 0 Å². The van der Waals surface area contributed by atoms with Gasteiger partial charge in [0, 0.05) is 0 Å². The van der Waals surface area contributed by atoms with E-state index < -0.39 is 17.4 Å². The first-order valence-corrected chi connectivity index (χ1v) is 7.26. The molecule has 1 saturated heterocycles. The number of nitrogens with one attached hydrogen (secondary N) is 1. The Morgan fingerprint density at radius 2 is 2.00 bits per heavy atom. The van der Waals surface area contributed by atoms with Crippen LogP contribution in [-0.2, 0) is 9.59 Å². The lowest BCUT2D eigenvalue weighted by Crippen LogP contribution is -2.70. The van der Waals surface area contributed by atoms with Gasteiger partial charge in [-0.05, 0) is 57.2 Å². The fourth-order valence-corrected chi connectivity index (χ4v) is 3.02. The van der Waals surface area contributed by atoms with Crippen molar-refractivity contribution in [2.24, 2.45) is 5.92 Å². The van der Waals surface area contributed by atoms with E-state index in [0.717, 1.165) is 18.4 Å². The van der Waals surface area contributed by atoms with Gasteiger partial charge in [0.1, 0.15) is 17.4 Å². The Labute approximate surface area is 123 Å². The molecule has 2 fully saturated rings. The fourth-order valence-electron chi connectivity index (χ4n) is 3.02. The van der Waals surface area contributed by atoms with E-state index in [-0.39, 0.29) is 23.4 Å². The highest BCUT2D eigenvalue weighted by Gasteiger charge is 2.55. The third kappa shape index (κ3) is 2.11. The van der Waals surface area contributed by atoms with Gasteiger partial charge in [0.15, 0.2) is 0 Å². The monoisotopic (exact) mass is 290 g/mol. The van der Waals surface area contributed by atoms with Crippen molar-refractivity contribution in [3.8, 4) is 0 Å². The van der Waals surface area contributed by atoms with Crippen molar-refractivity contribution in [3.05, 3.63) is 29.6 Å². The zero-order chi connectivity index (χ0) is 15.4. The van der Waals surface area contributed by atoms with Crippen LogP contribution in [0.25, 0.3) is 0 Å². The second kappa shape index (κ2) is 4.55. The first kappa shape index (κ1) is 14.0. The molecule has 0 spiro atoms. The van der Waals surface area contributed by atoms with Crippen LogP contribution in [0.4, 0.5) is 10.1 Å². The molecule has 0 radical (unpaired) electrons. The lowest BCUT2D eigenvalue weighted by molar-refractivity contribution is -0.138. The van der Waals surface area contributed by atoms with E-state index in [1.165, 1.54) is 11.0 Å². The van der Waals surface area contributed by atoms with Gasteiger partial charge in [-0.1, -0.05) is 6.07 Å².